The standard InChI is InChI=1S/C18H20N4O3S/c1-21(2)14(12-6-4-5-7-15(12)25-3)11-19-16(23)13-10-20-18-22(17(13)24)8-9-26-18/h4-10,14H,11H2,1-3H3,(H,19,23). The number of hydrogen-bond donors (Lipinski definition) is 1. The molecule has 0 saturated heterocycles. The van der Waals surface area contributed by atoms with Gasteiger partial charge in [0.15, 0.2) is 4.96 Å². The highest BCUT2D eigenvalue weighted by molar-refractivity contribution is 7.15. The largest absolute Gasteiger partial charge is 0.496 e. The molecule has 8 heteroatoms. The number of fused-ring (bicyclic) bond motifs is 1. The van der Waals surface area contributed by atoms with Crippen molar-refractivity contribution in [2.75, 3.05) is 27.7 Å². The molecule has 2 aromatic heterocycles. The first-order chi connectivity index (χ1) is 12.5. The molecule has 7 nitrogen and oxygen atoms in total. The van der Waals surface area contributed by atoms with Crippen molar-refractivity contribution in [2.24, 2.45) is 0 Å². The van der Waals surface area contributed by atoms with Crippen LogP contribution in [0.15, 0.2) is 46.8 Å². The van der Waals surface area contributed by atoms with E-state index in [0.29, 0.717) is 11.5 Å². The van der Waals surface area contributed by atoms with Gasteiger partial charge in [0.2, 0.25) is 0 Å². The van der Waals surface area contributed by atoms with Crippen LogP contribution in [0.2, 0.25) is 0 Å². The fraction of sp³-hybridized carbons (Fsp3) is 0.278. The molecule has 0 spiro atoms. The molecule has 1 atom stereocenters. The Balaban J connectivity index is 1.81. The number of benzene rings is 1. The van der Waals surface area contributed by atoms with Gasteiger partial charge in [-0.05, 0) is 20.2 Å². The fourth-order valence-electron chi connectivity index (χ4n) is 2.78. The Hall–Kier alpha value is -2.71. The number of para-hydroxylation sites is 1. The monoisotopic (exact) mass is 372 g/mol. The van der Waals surface area contributed by atoms with Gasteiger partial charge in [-0.25, -0.2) is 4.98 Å². The second kappa shape index (κ2) is 7.67. The van der Waals surface area contributed by atoms with E-state index in [1.165, 1.54) is 21.9 Å². The Kier molecular flexibility index (Phi) is 5.34. The van der Waals surface area contributed by atoms with Gasteiger partial charge in [-0.3, -0.25) is 14.0 Å². The minimum absolute atomic E-state index is 0.0263. The highest BCUT2D eigenvalue weighted by atomic mass is 32.1. The van der Waals surface area contributed by atoms with E-state index in [0.717, 1.165) is 11.3 Å². The SMILES string of the molecule is COc1ccccc1C(CNC(=O)c1cnc2sccn2c1=O)N(C)C. The summed E-state index contributed by atoms with van der Waals surface area (Å²) in [6.45, 7) is 0.331. The summed E-state index contributed by atoms with van der Waals surface area (Å²) in [5, 5.41) is 4.60. The Morgan fingerprint density at radius 3 is 2.88 bits per heavy atom. The summed E-state index contributed by atoms with van der Waals surface area (Å²) in [7, 11) is 5.47. The first kappa shape index (κ1) is 18.1. The summed E-state index contributed by atoms with van der Waals surface area (Å²) in [5.74, 6) is 0.312. The molecular weight excluding hydrogens is 352 g/mol. The van der Waals surface area contributed by atoms with Crippen LogP contribution in [0.1, 0.15) is 22.0 Å². The Labute approximate surface area is 154 Å². The number of thiazole rings is 1. The van der Waals surface area contributed by atoms with Gasteiger partial charge in [0.1, 0.15) is 11.3 Å². The van der Waals surface area contributed by atoms with E-state index in [1.807, 2.05) is 43.3 Å². The van der Waals surface area contributed by atoms with E-state index >= 15 is 0 Å². The highest BCUT2D eigenvalue weighted by Gasteiger charge is 2.20. The third kappa shape index (κ3) is 3.47. The zero-order valence-corrected chi connectivity index (χ0v) is 15.6. The van der Waals surface area contributed by atoms with Gasteiger partial charge in [-0.1, -0.05) is 18.2 Å². The van der Waals surface area contributed by atoms with Crippen LogP contribution in [0.5, 0.6) is 5.75 Å². The predicted octanol–water partition coefficient (Wildman–Crippen LogP) is 1.80. The van der Waals surface area contributed by atoms with Crippen molar-refractivity contribution in [1.29, 1.82) is 0 Å². The van der Waals surface area contributed by atoms with E-state index < -0.39 is 5.91 Å². The predicted molar refractivity (Wildman–Crippen MR) is 101 cm³/mol. The molecule has 136 valence electrons. The summed E-state index contributed by atoms with van der Waals surface area (Å²) in [6, 6.07) is 7.57. The first-order valence-electron chi connectivity index (χ1n) is 8.05. The van der Waals surface area contributed by atoms with Crippen molar-refractivity contribution in [3.05, 3.63) is 63.5 Å². The molecule has 26 heavy (non-hydrogen) atoms. The Morgan fingerprint density at radius 2 is 2.15 bits per heavy atom. The lowest BCUT2D eigenvalue weighted by atomic mass is 10.0. The van der Waals surface area contributed by atoms with Gasteiger partial charge >= 0.3 is 0 Å². The van der Waals surface area contributed by atoms with Crippen LogP contribution in [0.3, 0.4) is 0 Å². The molecular formula is C18H20N4O3S. The highest BCUT2D eigenvalue weighted by Crippen LogP contribution is 2.27. The van der Waals surface area contributed by atoms with Crippen molar-refractivity contribution in [2.45, 2.75) is 6.04 Å². The molecule has 0 radical (unpaired) electrons. The second-order valence-corrected chi connectivity index (χ2v) is 6.84. The average molecular weight is 372 g/mol. The number of ether oxygens (including phenoxy) is 1. The quantitative estimate of drug-likeness (QED) is 0.714. The number of nitrogens with zero attached hydrogens (tertiary/aromatic N) is 3. The number of likely N-dealkylation sites (N-methyl/N-ethyl adjacent to an activating group) is 1. The molecule has 0 fully saturated rings. The van der Waals surface area contributed by atoms with Gasteiger partial charge in [0.25, 0.3) is 11.5 Å². The molecule has 2 heterocycles. The molecule has 3 aromatic rings. The summed E-state index contributed by atoms with van der Waals surface area (Å²) in [5.41, 5.74) is 0.620. The third-order valence-corrected chi connectivity index (χ3v) is 4.94. The minimum atomic E-state index is -0.440. The molecule has 1 unspecified atom stereocenters. The lowest BCUT2D eigenvalue weighted by molar-refractivity contribution is 0.0939. The van der Waals surface area contributed by atoms with Crippen LogP contribution in [-0.4, -0.2) is 47.9 Å². The Morgan fingerprint density at radius 1 is 1.38 bits per heavy atom. The number of nitrogens with one attached hydrogen (secondary N) is 1. The topological polar surface area (TPSA) is 75.9 Å². The maximum Gasteiger partial charge on any atom is 0.271 e. The average Bonchev–Trinajstić information content (AvgIpc) is 3.12. The van der Waals surface area contributed by atoms with E-state index in [9.17, 15) is 9.59 Å². The van der Waals surface area contributed by atoms with Gasteiger partial charge in [0, 0.05) is 29.9 Å². The van der Waals surface area contributed by atoms with Crippen molar-refractivity contribution in [3.63, 3.8) is 0 Å². The van der Waals surface area contributed by atoms with Gasteiger partial charge in [0.05, 0.1) is 13.2 Å². The lowest BCUT2D eigenvalue weighted by Crippen LogP contribution is -2.37. The normalized spacial score (nSPS) is 12.3. The second-order valence-electron chi connectivity index (χ2n) is 5.96. The number of amides is 1. The smallest absolute Gasteiger partial charge is 0.271 e. The number of aromatic nitrogens is 2. The first-order valence-corrected chi connectivity index (χ1v) is 8.93. The molecule has 0 saturated carbocycles. The van der Waals surface area contributed by atoms with Crippen LogP contribution >= 0.6 is 11.3 Å². The summed E-state index contributed by atoms with van der Waals surface area (Å²) in [6.07, 6.45) is 2.95. The van der Waals surface area contributed by atoms with Gasteiger partial charge < -0.3 is 15.0 Å². The van der Waals surface area contributed by atoms with E-state index in [4.69, 9.17) is 4.74 Å². The molecule has 0 aliphatic carbocycles. The van der Waals surface area contributed by atoms with Gasteiger partial charge in [-0.15, -0.1) is 11.3 Å². The molecule has 1 aromatic carbocycles. The Bertz CT molecular complexity index is 980. The van der Waals surface area contributed by atoms with Crippen LogP contribution in [0.4, 0.5) is 0 Å². The van der Waals surface area contributed by atoms with Crippen LogP contribution in [0.25, 0.3) is 4.96 Å². The molecule has 0 aliphatic heterocycles. The maximum absolute atomic E-state index is 12.5. The van der Waals surface area contributed by atoms with Crippen LogP contribution in [-0.2, 0) is 0 Å². The zero-order chi connectivity index (χ0) is 18.7. The number of methoxy groups -OCH3 is 1. The molecule has 0 aliphatic rings. The lowest BCUT2D eigenvalue weighted by Gasteiger charge is -2.26. The summed E-state index contributed by atoms with van der Waals surface area (Å²) < 4.78 is 6.80. The zero-order valence-electron chi connectivity index (χ0n) is 14.8. The summed E-state index contributed by atoms with van der Waals surface area (Å²) in [4.78, 5) is 31.7. The number of hydrogen-bond acceptors (Lipinski definition) is 6. The number of carbonyl (C=O) groups excluding carboxylic acids is 1. The van der Waals surface area contributed by atoms with Crippen molar-refractivity contribution >= 4 is 22.2 Å². The van der Waals surface area contributed by atoms with Crippen molar-refractivity contribution in [1.82, 2.24) is 19.6 Å². The molecule has 1 N–H and O–H groups in total. The molecule has 0 bridgehead atoms. The van der Waals surface area contributed by atoms with Crippen LogP contribution < -0.4 is 15.6 Å². The minimum Gasteiger partial charge on any atom is -0.496 e. The number of rotatable bonds is 6. The van der Waals surface area contributed by atoms with Crippen molar-refractivity contribution < 1.29 is 9.53 Å². The molecule has 1 amide bonds. The number of carbonyl (C=O) groups is 1. The van der Waals surface area contributed by atoms with E-state index in [2.05, 4.69) is 10.3 Å². The van der Waals surface area contributed by atoms with Gasteiger partial charge in [-0.2, -0.15) is 0 Å². The van der Waals surface area contributed by atoms with Crippen LogP contribution in [0, 0.1) is 0 Å². The fourth-order valence-corrected chi connectivity index (χ4v) is 3.45. The third-order valence-electron chi connectivity index (χ3n) is 4.16. The molecule has 3 rings (SSSR count). The van der Waals surface area contributed by atoms with E-state index in [1.54, 1.807) is 18.7 Å². The van der Waals surface area contributed by atoms with E-state index in [-0.39, 0.29) is 17.2 Å². The maximum atomic E-state index is 12.5. The summed E-state index contributed by atoms with van der Waals surface area (Å²) >= 11 is 1.35. The van der Waals surface area contributed by atoms with Crippen molar-refractivity contribution in [3.8, 4) is 5.75 Å².